The van der Waals surface area contributed by atoms with Gasteiger partial charge in [0.1, 0.15) is 0 Å². The van der Waals surface area contributed by atoms with Crippen molar-refractivity contribution in [3.63, 3.8) is 0 Å². The van der Waals surface area contributed by atoms with Gasteiger partial charge in [-0.15, -0.1) is 24.0 Å². The number of nitrogens with zero attached hydrogens (tertiary/aromatic N) is 2. The molecule has 0 unspecified atom stereocenters. The normalized spacial score (nSPS) is 15.3. The third-order valence-corrected chi connectivity index (χ3v) is 4.46. The Morgan fingerprint density at radius 3 is 2.70 bits per heavy atom. The van der Waals surface area contributed by atoms with Crippen LogP contribution in [0.3, 0.4) is 0 Å². The number of rotatable bonds is 8. The van der Waals surface area contributed by atoms with E-state index in [1.807, 2.05) is 18.2 Å². The standard InChI is InChI=1S/C19H30N4O3.HI/c1-21-19(22-14-15-5-3-6-16(13-15)18(20)24)23-9-7-17(8-10-23)26-12-4-11-25-2;/h3,5-6,13,17H,4,7-12,14H2,1-2H3,(H2,20,24)(H,21,22);1H. The number of primary amides is 1. The van der Waals surface area contributed by atoms with E-state index in [4.69, 9.17) is 15.2 Å². The van der Waals surface area contributed by atoms with Crippen molar-refractivity contribution in [3.05, 3.63) is 35.4 Å². The van der Waals surface area contributed by atoms with Crippen LogP contribution in [0.15, 0.2) is 29.3 Å². The van der Waals surface area contributed by atoms with Crippen LogP contribution in [-0.4, -0.2) is 63.3 Å². The predicted octanol–water partition coefficient (Wildman–Crippen LogP) is 2.00. The zero-order valence-electron chi connectivity index (χ0n) is 16.1. The van der Waals surface area contributed by atoms with Crippen LogP contribution in [0, 0.1) is 0 Å². The van der Waals surface area contributed by atoms with Crippen LogP contribution in [0.25, 0.3) is 0 Å². The van der Waals surface area contributed by atoms with E-state index in [-0.39, 0.29) is 24.0 Å². The molecule has 1 aromatic carbocycles. The molecular weight excluding hydrogens is 459 g/mol. The lowest BCUT2D eigenvalue weighted by molar-refractivity contribution is 0.00989. The Kier molecular flexibility index (Phi) is 11.3. The summed E-state index contributed by atoms with van der Waals surface area (Å²) in [7, 11) is 3.50. The maximum absolute atomic E-state index is 11.3. The maximum atomic E-state index is 11.3. The van der Waals surface area contributed by atoms with E-state index in [0.29, 0.717) is 18.2 Å². The molecule has 2 rings (SSSR count). The van der Waals surface area contributed by atoms with Gasteiger partial charge < -0.3 is 25.4 Å². The van der Waals surface area contributed by atoms with Crippen molar-refractivity contribution in [2.45, 2.75) is 31.9 Å². The average molecular weight is 490 g/mol. The predicted molar refractivity (Wildman–Crippen MR) is 118 cm³/mol. The number of piperidine rings is 1. The van der Waals surface area contributed by atoms with Crippen LogP contribution < -0.4 is 11.1 Å². The largest absolute Gasteiger partial charge is 0.385 e. The van der Waals surface area contributed by atoms with Gasteiger partial charge in [-0.2, -0.15) is 0 Å². The SMILES string of the molecule is CN=C(NCc1cccc(C(N)=O)c1)N1CCC(OCCCOC)CC1.I. The van der Waals surface area contributed by atoms with E-state index in [9.17, 15) is 4.79 Å². The highest BCUT2D eigenvalue weighted by molar-refractivity contribution is 14.0. The number of halogens is 1. The minimum absolute atomic E-state index is 0. The average Bonchev–Trinajstić information content (AvgIpc) is 2.67. The molecule has 27 heavy (non-hydrogen) atoms. The molecule has 8 heteroatoms. The fraction of sp³-hybridized carbons (Fsp3) is 0.579. The Bertz CT molecular complexity index is 604. The number of carbonyl (C=O) groups is 1. The molecule has 152 valence electrons. The van der Waals surface area contributed by atoms with E-state index >= 15 is 0 Å². The van der Waals surface area contributed by atoms with Gasteiger partial charge >= 0.3 is 0 Å². The van der Waals surface area contributed by atoms with Gasteiger partial charge in [-0.1, -0.05) is 12.1 Å². The van der Waals surface area contributed by atoms with E-state index in [1.165, 1.54) is 0 Å². The van der Waals surface area contributed by atoms with Gasteiger partial charge in [-0.3, -0.25) is 9.79 Å². The topological polar surface area (TPSA) is 89.2 Å². The summed E-state index contributed by atoms with van der Waals surface area (Å²) < 4.78 is 10.9. The number of amides is 1. The minimum Gasteiger partial charge on any atom is -0.385 e. The number of benzene rings is 1. The molecule has 0 aliphatic carbocycles. The van der Waals surface area contributed by atoms with Crippen molar-refractivity contribution in [2.75, 3.05) is 40.5 Å². The van der Waals surface area contributed by atoms with Crippen LogP contribution in [-0.2, 0) is 16.0 Å². The highest BCUT2D eigenvalue weighted by Gasteiger charge is 2.21. The van der Waals surface area contributed by atoms with E-state index < -0.39 is 5.91 Å². The molecular formula is C19H31IN4O3. The summed E-state index contributed by atoms with van der Waals surface area (Å²) in [6.45, 7) is 3.92. The van der Waals surface area contributed by atoms with Crippen molar-refractivity contribution in [3.8, 4) is 0 Å². The van der Waals surface area contributed by atoms with Crippen LogP contribution in [0.2, 0.25) is 0 Å². The maximum Gasteiger partial charge on any atom is 0.248 e. The highest BCUT2D eigenvalue weighted by atomic mass is 127. The molecule has 1 aromatic rings. The lowest BCUT2D eigenvalue weighted by Crippen LogP contribution is -2.46. The molecule has 3 N–H and O–H groups in total. The van der Waals surface area contributed by atoms with Crippen LogP contribution in [0.1, 0.15) is 35.2 Å². The number of aliphatic imine (C=N–C) groups is 1. The molecule has 1 aliphatic heterocycles. The molecule has 0 atom stereocenters. The Morgan fingerprint density at radius 2 is 2.07 bits per heavy atom. The van der Waals surface area contributed by atoms with Crippen molar-refractivity contribution in [1.29, 1.82) is 0 Å². The summed E-state index contributed by atoms with van der Waals surface area (Å²) in [6.07, 6.45) is 3.23. The monoisotopic (exact) mass is 490 g/mol. The lowest BCUT2D eigenvalue weighted by Gasteiger charge is -2.34. The number of guanidine groups is 1. The smallest absolute Gasteiger partial charge is 0.248 e. The second-order valence-corrected chi connectivity index (χ2v) is 6.37. The summed E-state index contributed by atoms with van der Waals surface area (Å²) in [6, 6.07) is 7.33. The van der Waals surface area contributed by atoms with Crippen LogP contribution >= 0.6 is 24.0 Å². The molecule has 0 aromatic heterocycles. The molecule has 1 heterocycles. The summed E-state index contributed by atoms with van der Waals surface area (Å²) in [5, 5.41) is 3.36. The van der Waals surface area contributed by atoms with Crippen molar-refractivity contribution >= 4 is 35.8 Å². The number of hydrogen-bond acceptors (Lipinski definition) is 4. The molecule has 0 spiro atoms. The third kappa shape index (κ3) is 8.02. The van der Waals surface area contributed by atoms with E-state index in [2.05, 4.69) is 15.2 Å². The summed E-state index contributed by atoms with van der Waals surface area (Å²) in [5.41, 5.74) is 6.85. The van der Waals surface area contributed by atoms with E-state index in [0.717, 1.165) is 57.1 Å². The van der Waals surface area contributed by atoms with Crippen molar-refractivity contribution in [2.24, 2.45) is 10.7 Å². The highest BCUT2D eigenvalue weighted by Crippen LogP contribution is 2.14. The Labute approximate surface area is 178 Å². The lowest BCUT2D eigenvalue weighted by atomic mass is 10.1. The van der Waals surface area contributed by atoms with Crippen LogP contribution in [0.4, 0.5) is 0 Å². The first kappa shape index (κ1) is 23.6. The van der Waals surface area contributed by atoms with Gasteiger partial charge in [0.05, 0.1) is 6.10 Å². The van der Waals surface area contributed by atoms with Crippen molar-refractivity contribution < 1.29 is 14.3 Å². The number of carbonyl (C=O) groups excluding carboxylic acids is 1. The number of methoxy groups -OCH3 is 1. The molecule has 7 nitrogen and oxygen atoms in total. The molecule has 1 saturated heterocycles. The van der Waals surface area contributed by atoms with Gasteiger partial charge in [0.15, 0.2) is 5.96 Å². The first-order valence-corrected chi connectivity index (χ1v) is 9.09. The minimum atomic E-state index is -0.413. The van der Waals surface area contributed by atoms with Gasteiger partial charge in [0.2, 0.25) is 5.91 Å². The molecule has 0 bridgehead atoms. The Hall–Kier alpha value is -1.39. The van der Waals surface area contributed by atoms with Gasteiger partial charge in [-0.05, 0) is 37.0 Å². The summed E-state index contributed by atoms with van der Waals surface area (Å²) in [4.78, 5) is 17.9. The third-order valence-electron chi connectivity index (χ3n) is 4.46. The fourth-order valence-electron chi connectivity index (χ4n) is 3.04. The quantitative estimate of drug-likeness (QED) is 0.252. The molecule has 0 radical (unpaired) electrons. The molecule has 1 aliphatic rings. The Morgan fingerprint density at radius 1 is 1.33 bits per heavy atom. The van der Waals surface area contributed by atoms with Gasteiger partial charge in [0.25, 0.3) is 0 Å². The van der Waals surface area contributed by atoms with Gasteiger partial charge in [0, 0.05) is 52.6 Å². The fourth-order valence-corrected chi connectivity index (χ4v) is 3.04. The summed E-state index contributed by atoms with van der Waals surface area (Å²) >= 11 is 0. The van der Waals surface area contributed by atoms with E-state index in [1.54, 1.807) is 20.2 Å². The second kappa shape index (κ2) is 12.9. The number of likely N-dealkylation sites (tertiary alicyclic amines) is 1. The number of ether oxygens (including phenoxy) is 2. The first-order valence-electron chi connectivity index (χ1n) is 9.09. The second-order valence-electron chi connectivity index (χ2n) is 6.37. The zero-order chi connectivity index (χ0) is 18.8. The summed E-state index contributed by atoms with van der Waals surface area (Å²) in [5.74, 6) is 0.455. The first-order chi connectivity index (χ1) is 12.6. The number of hydrogen-bond donors (Lipinski definition) is 2. The number of nitrogens with two attached hydrogens (primary N) is 1. The molecule has 1 fully saturated rings. The number of nitrogens with one attached hydrogen (secondary N) is 1. The van der Waals surface area contributed by atoms with Gasteiger partial charge in [-0.25, -0.2) is 0 Å². The molecule has 1 amide bonds. The zero-order valence-corrected chi connectivity index (χ0v) is 18.5. The van der Waals surface area contributed by atoms with Crippen molar-refractivity contribution in [1.82, 2.24) is 10.2 Å². The Balaban J connectivity index is 0.00000364. The molecule has 0 saturated carbocycles. The van der Waals surface area contributed by atoms with Crippen LogP contribution in [0.5, 0.6) is 0 Å².